The first-order valence-corrected chi connectivity index (χ1v) is 10.9. The van der Waals surface area contributed by atoms with E-state index in [1.54, 1.807) is 49.5 Å². The molecule has 30 heavy (non-hydrogen) atoms. The number of nitrogens with zero attached hydrogens (tertiary/aromatic N) is 2. The van der Waals surface area contributed by atoms with Crippen LogP contribution in [0.1, 0.15) is 19.4 Å². The minimum atomic E-state index is -0.104. The fourth-order valence-electron chi connectivity index (χ4n) is 2.87. The number of amidine groups is 1. The molecule has 0 atom stereocenters. The third-order valence-corrected chi connectivity index (χ3v) is 5.86. The highest BCUT2D eigenvalue weighted by atomic mass is 35.5. The van der Waals surface area contributed by atoms with Crippen LogP contribution in [0.15, 0.2) is 46.3 Å². The van der Waals surface area contributed by atoms with Gasteiger partial charge in [-0.05, 0) is 59.7 Å². The monoisotopic (exact) mass is 464 g/mol. The highest BCUT2D eigenvalue weighted by Crippen LogP contribution is 2.38. The normalized spacial score (nSPS) is 16.8. The summed E-state index contributed by atoms with van der Waals surface area (Å²) < 4.78 is 10.6. The summed E-state index contributed by atoms with van der Waals surface area (Å²) in [7, 11) is 3.10. The first-order chi connectivity index (χ1) is 14.3. The molecule has 158 valence electrons. The van der Waals surface area contributed by atoms with Crippen molar-refractivity contribution in [2.75, 3.05) is 20.8 Å². The number of halogens is 2. The fraction of sp³-hybridized carbons (Fsp3) is 0.273. The highest BCUT2D eigenvalue weighted by molar-refractivity contribution is 8.18. The van der Waals surface area contributed by atoms with Gasteiger partial charge in [0, 0.05) is 17.6 Å². The van der Waals surface area contributed by atoms with Gasteiger partial charge in [0.1, 0.15) is 0 Å². The van der Waals surface area contributed by atoms with Crippen LogP contribution in [0.3, 0.4) is 0 Å². The van der Waals surface area contributed by atoms with Gasteiger partial charge in [-0.15, -0.1) is 0 Å². The molecule has 3 rings (SSSR count). The number of carbonyl (C=O) groups excluding carboxylic acids is 1. The van der Waals surface area contributed by atoms with Crippen molar-refractivity contribution in [3.8, 4) is 11.5 Å². The van der Waals surface area contributed by atoms with Gasteiger partial charge in [0.25, 0.3) is 5.91 Å². The number of thioether (sulfide) groups is 1. The highest BCUT2D eigenvalue weighted by Gasteiger charge is 2.34. The lowest BCUT2D eigenvalue weighted by molar-refractivity contribution is -0.122. The van der Waals surface area contributed by atoms with Crippen LogP contribution in [0.25, 0.3) is 6.08 Å². The molecule has 0 spiro atoms. The smallest absolute Gasteiger partial charge is 0.266 e. The number of benzene rings is 2. The molecule has 0 saturated carbocycles. The second kappa shape index (κ2) is 9.77. The molecule has 0 unspecified atom stereocenters. The van der Waals surface area contributed by atoms with E-state index in [0.29, 0.717) is 43.7 Å². The molecule has 2 aromatic rings. The van der Waals surface area contributed by atoms with E-state index < -0.39 is 0 Å². The standard InChI is InChI=1S/C22H22Cl2N2O3S/c1-13(2)12-26-21(27)20(30-22(26)25-16-7-5-15(23)6-8-16)10-14-9-18(28-3)19(29-4)11-17(14)24/h5-11,13H,12H2,1-4H3/b20-10-,25-22?. The maximum Gasteiger partial charge on any atom is 0.266 e. The van der Waals surface area contributed by atoms with Crippen LogP contribution >= 0.6 is 35.0 Å². The van der Waals surface area contributed by atoms with Crippen molar-refractivity contribution in [3.05, 3.63) is 56.9 Å². The van der Waals surface area contributed by atoms with Gasteiger partial charge in [0.05, 0.1) is 29.8 Å². The maximum atomic E-state index is 13.1. The third-order valence-electron chi connectivity index (χ3n) is 4.28. The molecule has 8 heteroatoms. The third kappa shape index (κ3) is 5.12. The summed E-state index contributed by atoms with van der Waals surface area (Å²) in [5, 5.41) is 1.72. The quantitative estimate of drug-likeness (QED) is 0.472. The van der Waals surface area contributed by atoms with Crippen LogP contribution in [-0.4, -0.2) is 36.7 Å². The van der Waals surface area contributed by atoms with Gasteiger partial charge in [-0.3, -0.25) is 9.69 Å². The molecule has 0 radical (unpaired) electrons. The Labute approximate surface area is 190 Å². The number of ether oxygens (including phenoxy) is 2. The lowest BCUT2D eigenvalue weighted by atomic mass is 10.1. The predicted molar refractivity (Wildman–Crippen MR) is 125 cm³/mol. The fourth-order valence-corrected chi connectivity index (χ4v) is 4.20. The average Bonchev–Trinajstić information content (AvgIpc) is 2.99. The molecule has 1 heterocycles. The van der Waals surface area contributed by atoms with Crippen LogP contribution in [-0.2, 0) is 4.79 Å². The van der Waals surface area contributed by atoms with Crippen LogP contribution in [0.4, 0.5) is 5.69 Å². The van der Waals surface area contributed by atoms with Crippen LogP contribution in [0, 0.1) is 5.92 Å². The summed E-state index contributed by atoms with van der Waals surface area (Å²) >= 11 is 13.7. The Hall–Kier alpha value is -2.15. The number of hydrogen-bond donors (Lipinski definition) is 0. The summed E-state index contributed by atoms with van der Waals surface area (Å²) in [5.41, 5.74) is 1.40. The van der Waals surface area contributed by atoms with Crippen molar-refractivity contribution in [1.82, 2.24) is 4.90 Å². The molecule has 0 bridgehead atoms. The lowest BCUT2D eigenvalue weighted by Gasteiger charge is -2.17. The number of rotatable bonds is 6. The van der Waals surface area contributed by atoms with Crippen molar-refractivity contribution in [2.45, 2.75) is 13.8 Å². The van der Waals surface area contributed by atoms with Gasteiger partial charge < -0.3 is 9.47 Å². The van der Waals surface area contributed by atoms with E-state index in [1.807, 2.05) is 12.1 Å². The number of methoxy groups -OCH3 is 2. The van der Waals surface area contributed by atoms with Gasteiger partial charge in [-0.2, -0.15) is 0 Å². The Bertz CT molecular complexity index is 1000. The predicted octanol–water partition coefficient (Wildman–Crippen LogP) is 6.27. The van der Waals surface area contributed by atoms with Crippen molar-refractivity contribution in [1.29, 1.82) is 0 Å². The largest absolute Gasteiger partial charge is 0.493 e. The van der Waals surface area contributed by atoms with E-state index in [2.05, 4.69) is 18.8 Å². The number of carbonyl (C=O) groups is 1. The van der Waals surface area contributed by atoms with Crippen molar-refractivity contribution in [3.63, 3.8) is 0 Å². The molecule has 1 amide bonds. The summed E-state index contributed by atoms with van der Waals surface area (Å²) in [4.78, 5) is 20.0. The van der Waals surface area contributed by atoms with Crippen LogP contribution < -0.4 is 9.47 Å². The van der Waals surface area contributed by atoms with Crippen LogP contribution in [0.5, 0.6) is 11.5 Å². The maximum absolute atomic E-state index is 13.1. The Morgan fingerprint density at radius 2 is 1.73 bits per heavy atom. The van der Waals surface area contributed by atoms with Crippen LogP contribution in [0.2, 0.25) is 10.0 Å². The zero-order valence-corrected chi connectivity index (χ0v) is 19.4. The molecule has 2 aromatic carbocycles. The zero-order valence-electron chi connectivity index (χ0n) is 17.1. The van der Waals surface area contributed by atoms with Gasteiger partial charge in [0.15, 0.2) is 16.7 Å². The average molecular weight is 465 g/mol. The number of amides is 1. The van der Waals surface area contributed by atoms with Crippen molar-refractivity contribution >= 4 is 57.8 Å². The van der Waals surface area contributed by atoms with Crippen molar-refractivity contribution in [2.24, 2.45) is 10.9 Å². The second-order valence-corrected chi connectivity index (χ2v) is 8.87. The lowest BCUT2D eigenvalue weighted by Crippen LogP contribution is -2.32. The minimum absolute atomic E-state index is 0.104. The summed E-state index contributed by atoms with van der Waals surface area (Å²) in [6.07, 6.45) is 1.76. The number of hydrogen-bond acceptors (Lipinski definition) is 5. The van der Waals surface area contributed by atoms with E-state index >= 15 is 0 Å². The molecule has 1 saturated heterocycles. The van der Waals surface area contributed by atoms with E-state index in [0.717, 1.165) is 5.69 Å². The number of aliphatic imine (C=N–C) groups is 1. The van der Waals surface area contributed by atoms with Gasteiger partial charge >= 0.3 is 0 Å². The first kappa shape index (κ1) is 22.5. The molecular formula is C22H22Cl2N2O3S. The SMILES string of the molecule is COc1cc(Cl)c(/C=C2\SC(=Nc3ccc(Cl)cc3)N(CC(C)C)C2=O)cc1OC. The van der Waals surface area contributed by atoms with Gasteiger partial charge in [-0.25, -0.2) is 4.99 Å². The molecule has 1 fully saturated rings. The molecule has 1 aliphatic heterocycles. The topological polar surface area (TPSA) is 51.1 Å². The second-order valence-electron chi connectivity index (χ2n) is 7.02. The Balaban J connectivity index is 2.00. The zero-order chi connectivity index (χ0) is 21.8. The summed E-state index contributed by atoms with van der Waals surface area (Å²) in [6, 6.07) is 10.6. The van der Waals surface area contributed by atoms with Crippen molar-refractivity contribution < 1.29 is 14.3 Å². The Kier molecular flexibility index (Phi) is 7.34. The Morgan fingerprint density at radius 3 is 2.33 bits per heavy atom. The van der Waals surface area contributed by atoms with E-state index in [9.17, 15) is 4.79 Å². The molecule has 0 aromatic heterocycles. The minimum Gasteiger partial charge on any atom is -0.493 e. The summed E-state index contributed by atoms with van der Waals surface area (Å²) in [5.74, 6) is 1.25. The van der Waals surface area contributed by atoms with E-state index in [1.165, 1.54) is 11.8 Å². The van der Waals surface area contributed by atoms with E-state index in [4.69, 9.17) is 32.7 Å². The van der Waals surface area contributed by atoms with Gasteiger partial charge in [-0.1, -0.05) is 37.0 Å². The van der Waals surface area contributed by atoms with E-state index in [-0.39, 0.29) is 11.8 Å². The molecule has 1 aliphatic rings. The molecule has 5 nitrogen and oxygen atoms in total. The molecule has 0 aliphatic carbocycles. The summed E-state index contributed by atoms with van der Waals surface area (Å²) in [6.45, 7) is 4.69. The molecular weight excluding hydrogens is 443 g/mol. The Morgan fingerprint density at radius 1 is 1.10 bits per heavy atom. The first-order valence-electron chi connectivity index (χ1n) is 9.29. The molecule has 0 N–H and O–H groups in total. The van der Waals surface area contributed by atoms with Gasteiger partial charge in [0.2, 0.25) is 0 Å².